The quantitative estimate of drug-likeness (QED) is 0.725. The van der Waals surface area contributed by atoms with Crippen molar-refractivity contribution in [3.63, 3.8) is 0 Å². The van der Waals surface area contributed by atoms with Gasteiger partial charge in [0.2, 0.25) is 5.78 Å². The van der Waals surface area contributed by atoms with Gasteiger partial charge in [-0.3, -0.25) is 9.69 Å². The van der Waals surface area contributed by atoms with Crippen molar-refractivity contribution in [3.05, 3.63) is 23.7 Å². The van der Waals surface area contributed by atoms with Crippen LogP contribution in [0.4, 0.5) is 4.79 Å². The summed E-state index contributed by atoms with van der Waals surface area (Å²) in [7, 11) is 7.29. The number of carbonyl (C=O) groups is 2. The molecule has 6 nitrogen and oxygen atoms in total. The van der Waals surface area contributed by atoms with Crippen LogP contribution >= 0.6 is 0 Å². The van der Waals surface area contributed by atoms with Gasteiger partial charge in [0, 0.05) is 46.2 Å². The normalized spacial score (nSPS) is 19.4. The van der Waals surface area contributed by atoms with Gasteiger partial charge in [-0.05, 0) is 20.8 Å². The molecule has 1 aliphatic rings. The van der Waals surface area contributed by atoms with E-state index in [-0.39, 0.29) is 12.3 Å². The van der Waals surface area contributed by atoms with Crippen molar-refractivity contribution in [1.82, 2.24) is 14.7 Å². The summed E-state index contributed by atoms with van der Waals surface area (Å²) in [5, 5.41) is 0. The summed E-state index contributed by atoms with van der Waals surface area (Å²) in [6.45, 7) is 5.63. The summed E-state index contributed by atoms with van der Waals surface area (Å²) in [5.41, 5.74) is 0.304. The van der Waals surface area contributed by atoms with E-state index in [0.29, 0.717) is 11.3 Å². The Kier molecular flexibility index (Phi) is 5.04. The monoisotopic (exact) mass is 295 g/mol. The van der Waals surface area contributed by atoms with E-state index < -0.39 is 11.7 Å². The smallest absolute Gasteiger partial charge is 0.415 e. The maximum atomic E-state index is 12.4. The Morgan fingerprint density at radius 3 is 2.10 bits per heavy atom. The highest BCUT2D eigenvalue weighted by Gasteiger charge is 2.37. The van der Waals surface area contributed by atoms with Gasteiger partial charge in [0.15, 0.2) is 0 Å². The average Bonchev–Trinajstić information content (AvgIpc) is 2.54. The first-order valence-electron chi connectivity index (χ1n) is 6.82. The second-order valence-electron chi connectivity index (χ2n) is 6.49. The maximum Gasteiger partial charge on any atom is 0.415 e. The van der Waals surface area contributed by atoms with Gasteiger partial charge in [-0.1, -0.05) is 0 Å². The van der Waals surface area contributed by atoms with Crippen LogP contribution in [-0.2, 0) is 9.53 Å². The number of ketones is 1. The maximum absolute atomic E-state index is 12.4. The summed E-state index contributed by atoms with van der Waals surface area (Å²) in [5.74, 6) is -0.150. The lowest BCUT2D eigenvalue weighted by Crippen LogP contribution is -2.35. The Balaban J connectivity index is 3.11. The molecule has 0 atom stereocenters. The highest BCUT2D eigenvalue weighted by atomic mass is 16.6. The largest absolute Gasteiger partial charge is 0.443 e. The first-order valence-corrected chi connectivity index (χ1v) is 6.82. The molecular formula is C15H25N3O3. The van der Waals surface area contributed by atoms with E-state index in [4.69, 9.17) is 4.74 Å². The SMILES string of the molecule is CN(C)/C=C1\CN(C(=O)OC(C)(C)C)/C(=C/N(C)C)C1=O. The van der Waals surface area contributed by atoms with Crippen molar-refractivity contribution in [2.75, 3.05) is 34.7 Å². The third kappa shape index (κ3) is 4.81. The molecule has 21 heavy (non-hydrogen) atoms. The highest BCUT2D eigenvalue weighted by Crippen LogP contribution is 2.25. The number of amides is 1. The minimum Gasteiger partial charge on any atom is -0.443 e. The minimum atomic E-state index is -0.600. The van der Waals surface area contributed by atoms with Crippen LogP contribution in [0, 0.1) is 0 Å². The molecule has 1 heterocycles. The standard InChI is InChI=1S/C15H25N3O3/c1-15(2,3)21-14(20)18-9-11(8-16(4)5)13(19)12(18)10-17(6)7/h8,10H,9H2,1-7H3/b11-8+,12-10+. The number of likely N-dealkylation sites (tertiary alicyclic amines) is 1. The van der Waals surface area contributed by atoms with Gasteiger partial charge in [0.1, 0.15) is 11.3 Å². The van der Waals surface area contributed by atoms with Crippen molar-refractivity contribution in [1.29, 1.82) is 0 Å². The zero-order valence-corrected chi connectivity index (χ0v) is 13.9. The number of hydrogen-bond donors (Lipinski definition) is 0. The molecule has 0 unspecified atom stereocenters. The predicted octanol–water partition coefficient (Wildman–Crippen LogP) is 1.65. The lowest BCUT2D eigenvalue weighted by atomic mass is 10.2. The molecular weight excluding hydrogens is 270 g/mol. The Morgan fingerprint density at radius 2 is 1.67 bits per heavy atom. The number of allylic oxidation sites excluding steroid dienone is 1. The molecule has 6 heteroatoms. The molecule has 0 aliphatic carbocycles. The van der Waals surface area contributed by atoms with Crippen molar-refractivity contribution in [3.8, 4) is 0 Å². The van der Waals surface area contributed by atoms with E-state index in [2.05, 4.69) is 0 Å². The highest BCUT2D eigenvalue weighted by molar-refractivity contribution is 6.12. The molecule has 1 fully saturated rings. The molecule has 0 aromatic carbocycles. The minimum absolute atomic E-state index is 0.150. The molecule has 1 amide bonds. The van der Waals surface area contributed by atoms with Gasteiger partial charge in [-0.15, -0.1) is 0 Å². The zero-order chi connectivity index (χ0) is 16.4. The van der Waals surface area contributed by atoms with E-state index in [1.165, 1.54) is 4.90 Å². The van der Waals surface area contributed by atoms with Crippen LogP contribution < -0.4 is 0 Å². The van der Waals surface area contributed by atoms with E-state index in [9.17, 15) is 9.59 Å². The fourth-order valence-corrected chi connectivity index (χ4v) is 1.88. The van der Waals surface area contributed by atoms with Crippen LogP contribution in [0.25, 0.3) is 0 Å². The molecule has 1 aliphatic heterocycles. The van der Waals surface area contributed by atoms with Crippen LogP contribution in [0.2, 0.25) is 0 Å². The second-order valence-corrected chi connectivity index (χ2v) is 6.49. The van der Waals surface area contributed by atoms with E-state index in [0.717, 1.165) is 0 Å². The summed E-state index contributed by atoms with van der Waals surface area (Å²) in [6, 6.07) is 0. The molecule has 0 aromatic rings. The lowest BCUT2D eigenvalue weighted by molar-refractivity contribution is -0.112. The molecule has 1 saturated heterocycles. The van der Waals surface area contributed by atoms with Gasteiger partial charge in [-0.25, -0.2) is 4.79 Å². The number of rotatable bonds is 2. The number of carbonyl (C=O) groups excluding carboxylic acids is 2. The topological polar surface area (TPSA) is 53.1 Å². The number of Topliss-reactive ketones (excluding diaryl/α,β-unsaturated/α-hetero) is 1. The average molecular weight is 295 g/mol. The third-order valence-electron chi connectivity index (χ3n) is 2.55. The molecule has 0 bridgehead atoms. The first kappa shape index (κ1) is 17.1. The molecule has 0 N–H and O–H groups in total. The molecule has 0 radical (unpaired) electrons. The lowest BCUT2D eigenvalue weighted by Gasteiger charge is -2.24. The summed E-state index contributed by atoms with van der Waals surface area (Å²) < 4.78 is 5.37. The van der Waals surface area contributed by atoms with Crippen LogP contribution in [0.1, 0.15) is 20.8 Å². The van der Waals surface area contributed by atoms with Gasteiger partial charge < -0.3 is 14.5 Å². The second kappa shape index (κ2) is 6.20. The molecule has 0 aromatic heterocycles. The fraction of sp³-hybridized carbons (Fsp3) is 0.600. The van der Waals surface area contributed by atoms with Crippen molar-refractivity contribution in [2.45, 2.75) is 26.4 Å². The van der Waals surface area contributed by atoms with Crippen molar-refractivity contribution >= 4 is 11.9 Å². The van der Waals surface area contributed by atoms with Crippen LogP contribution in [-0.4, -0.2) is 66.9 Å². The van der Waals surface area contributed by atoms with E-state index >= 15 is 0 Å². The Bertz CT molecular complexity index is 485. The molecule has 1 rings (SSSR count). The number of nitrogens with zero attached hydrogens (tertiary/aromatic N) is 3. The molecule has 0 spiro atoms. The van der Waals surface area contributed by atoms with Gasteiger partial charge in [0.25, 0.3) is 0 Å². The van der Waals surface area contributed by atoms with Crippen LogP contribution in [0.15, 0.2) is 23.7 Å². The number of ether oxygens (including phenoxy) is 1. The summed E-state index contributed by atoms with van der Waals surface area (Å²) in [6.07, 6.45) is 2.87. The Labute approximate surface area is 126 Å². The fourth-order valence-electron chi connectivity index (χ4n) is 1.88. The van der Waals surface area contributed by atoms with Crippen LogP contribution in [0.5, 0.6) is 0 Å². The van der Waals surface area contributed by atoms with Crippen LogP contribution in [0.3, 0.4) is 0 Å². The number of hydrogen-bond acceptors (Lipinski definition) is 5. The van der Waals surface area contributed by atoms with Gasteiger partial charge in [-0.2, -0.15) is 0 Å². The summed E-state index contributed by atoms with van der Waals surface area (Å²) >= 11 is 0. The van der Waals surface area contributed by atoms with E-state index in [1.807, 2.05) is 14.1 Å². The third-order valence-corrected chi connectivity index (χ3v) is 2.55. The van der Waals surface area contributed by atoms with E-state index in [1.54, 1.807) is 57.1 Å². The Morgan fingerprint density at radius 1 is 1.14 bits per heavy atom. The van der Waals surface area contributed by atoms with Crippen molar-refractivity contribution in [2.24, 2.45) is 0 Å². The Hall–Kier alpha value is -1.98. The van der Waals surface area contributed by atoms with Gasteiger partial charge >= 0.3 is 6.09 Å². The summed E-state index contributed by atoms with van der Waals surface area (Å²) in [4.78, 5) is 29.6. The zero-order valence-electron chi connectivity index (χ0n) is 13.9. The molecule has 118 valence electrons. The van der Waals surface area contributed by atoms with Crippen molar-refractivity contribution < 1.29 is 14.3 Å². The first-order chi connectivity index (χ1) is 9.51. The molecule has 0 saturated carbocycles. The predicted molar refractivity (Wildman–Crippen MR) is 81.5 cm³/mol. The van der Waals surface area contributed by atoms with Gasteiger partial charge in [0.05, 0.1) is 6.54 Å².